The number of unbranched alkanes of at least 4 members (excludes halogenated alkanes) is 1. The molecule has 1 aliphatic heterocycles. The molecule has 0 radical (unpaired) electrons. The van der Waals surface area contributed by atoms with Gasteiger partial charge in [-0.3, -0.25) is 19.4 Å². The van der Waals surface area contributed by atoms with Crippen LogP contribution in [0.4, 0.5) is 5.69 Å². The number of thioether (sulfide) groups is 1. The topological polar surface area (TPSA) is 40.6 Å². The molecule has 1 aromatic carbocycles. The standard InChI is InChI=1S/C20H22N2O2S2/c1-3-4-14-22-19(24)18(26-20(22)25)13-9-6-10-15-21(16(2)23)17-11-7-5-8-12-17/h5-13,15H,3-4,14H2,1-2H3/b9-6+,15-10+,18-13+. The Kier molecular flexibility index (Phi) is 7.81. The zero-order valence-electron chi connectivity index (χ0n) is 14.9. The lowest BCUT2D eigenvalue weighted by Gasteiger charge is -2.15. The van der Waals surface area contributed by atoms with E-state index in [0.717, 1.165) is 18.5 Å². The maximum Gasteiger partial charge on any atom is 0.266 e. The number of hydrogen-bond acceptors (Lipinski definition) is 4. The maximum absolute atomic E-state index is 12.3. The van der Waals surface area contributed by atoms with E-state index in [0.29, 0.717) is 15.8 Å². The summed E-state index contributed by atoms with van der Waals surface area (Å²) in [5.41, 5.74) is 0.807. The molecule has 4 nitrogen and oxygen atoms in total. The van der Waals surface area contributed by atoms with Crippen molar-refractivity contribution in [1.29, 1.82) is 0 Å². The molecule has 2 rings (SSSR count). The molecule has 1 saturated heterocycles. The number of hydrogen-bond donors (Lipinski definition) is 0. The third-order valence-electron chi connectivity index (χ3n) is 3.69. The summed E-state index contributed by atoms with van der Waals surface area (Å²) in [6.45, 7) is 4.28. The average Bonchev–Trinajstić information content (AvgIpc) is 2.90. The predicted molar refractivity (Wildman–Crippen MR) is 113 cm³/mol. The van der Waals surface area contributed by atoms with Crippen molar-refractivity contribution in [3.8, 4) is 0 Å². The van der Waals surface area contributed by atoms with Gasteiger partial charge in [-0.05, 0) is 30.7 Å². The van der Waals surface area contributed by atoms with Crippen LogP contribution in [0.2, 0.25) is 0 Å². The van der Waals surface area contributed by atoms with Crippen LogP contribution in [0.3, 0.4) is 0 Å². The fraction of sp³-hybridized carbons (Fsp3) is 0.250. The predicted octanol–water partition coefficient (Wildman–Crippen LogP) is 4.65. The van der Waals surface area contributed by atoms with Gasteiger partial charge >= 0.3 is 0 Å². The van der Waals surface area contributed by atoms with Crippen molar-refractivity contribution in [3.05, 3.63) is 65.7 Å². The van der Waals surface area contributed by atoms with Crippen LogP contribution in [0.1, 0.15) is 26.7 Å². The summed E-state index contributed by atoms with van der Waals surface area (Å²) < 4.78 is 0.616. The summed E-state index contributed by atoms with van der Waals surface area (Å²) in [7, 11) is 0. The fourth-order valence-corrected chi connectivity index (χ4v) is 3.59. The molecule has 6 heteroatoms. The van der Waals surface area contributed by atoms with Gasteiger partial charge in [-0.15, -0.1) is 0 Å². The van der Waals surface area contributed by atoms with Crippen LogP contribution in [0, 0.1) is 0 Å². The SMILES string of the molecule is CCCCN1C(=O)\C(=C/C=C/C=C/N(C(C)=O)c2ccccc2)SC1=S. The zero-order valence-corrected chi connectivity index (χ0v) is 16.6. The van der Waals surface area contributed by atoms with E-state index in [9.17, 15) is 9.59 Å². The van der Waals surface area contributed by atoms with Crippen LogP contribution in [0.15, 0.2) is 65.7 Å². The molecular formula is C20H22N2O2S2. The molecule has 1 aromatic rings. The summed E-state index contributed by atoms with van der Waals surface area (Å²) >= 11 is 6.60. The van der Waals surface area contributed by atoms with Crippen LogP contribution < -0.4 is 4.90 Å². The minimum Gasteiger partial charge on any atom is -0.293 e. The van der Waals surface area contributed by atoms with E-state index >= 15 is 0 Å². The molecule has 2 amide bonds. The van der Waals surface area contributed by atoms with Gasteiger partial charge in [0.15, 0.2) is 0 Å². The molecule has 1 fully saturated rings. The molecular weight excluding hydrogens is 364 g/mol. The second kappa shape index (κ2) is 10.1. The molecule has 0 bridgehead atoms. The molecule has 0 saturated carbocycles. The molecule has 0 N–H and O–H groups in total. The van der Waals surface area contributed by atoms with Gasteiger partial charge < -0.3 is 0 Å². The minimum absolute atomic E-state index is 0.0308. The number of nitrogens with zero attached hydrogens (tertiary/aromatic N) is 2. The maximum atomic E-state index is 12.3. The first-order chi connectivity index (χ1) is 12.5. The third-order valence-corrected chi connectivity index (χ3v) is 5.08. The minimum atomic E-state index is -0.0716. The van der Waals surface area contributed by atoms with Crippen LogP contribution >= 0.6 is 24.0 Å². The summed E-state index contributed by atoms with van der Waals surface area (Å²) in [6, 6.07) is 9.42. The van der Waals surface area contributed by atoms with E-state index in [4.69, 9.17) is 12.2 Å². The number of anilines is 1. The first-order valence-corrected chi connectivity index (χ1v) is 9.70. The molecule has 0 aliphatic carbocycles. The van der Waals surface area contributed by atoms with E-state index in [1.165, 1.54) is 18.7 Å². The Morgan fingerprint density at radius 3 is 2.62 bits per heavy atom. The van der Waals surface area contributed by atoms with Gasteiger partial charge in [0.1, 0.15) is 4.32 Å². The van der Waals surface area contributed by atoms with Crippen molar-refractivity contribution in [2.45, 2.75) is 26.7 Å². The van der Waals surface area contributed by atoms with Crippen LogP contribution in [0.5, 0.6) is 0 Å². The second-order valence-corrected chi connectivity index (χ2v) is 7.34. The van der Waals surface area contributed by atoms with Gasteiger partial charge in [0.2, 0.25) is 5.91 Å². The van der Waals surface area contributed by atoms with E-state index in [-0.39, 0.29) is 11.8 Å². The highest BCUT2D eigenvalue weighted by molar-refractivity contribution is 8.26. The Labute approximate surface area is 164 Å². The summed E-state index contributed by atoms with van der Waals surface area (Å²) in [5.74, 6) is -0.102. The van der Waals surface area contributed by atoms with Crippen molar-refractivity contribution in [3.63, 3.8) is 0 Å². The van der Waals surface area contributed by atoms with Gasteiger partial charge in [0.25, 0.3) is 5.91 Å². The first kappa shape index (κ1) is 20.1. The van der Waals surface area contributed by atoms with Crippen LogP contribution in [0.25, 0.3) is 0 Å². The number of allylic oxidation sites excluding steroid dienone is 4. The summed E-state index contributed by atoms with van der Waals surface area (Å²) in [6.07, 6.45) is 10.8. The second-order valence-electron chi connectivity index (χ2n) is 5.66. The van der Waals surface area contributed by atoms with Gasteiger partial charge in [-0.25, -0.2) is 0 Å². The lowest BCUT2D eigenvalue weighted by Crippen LogP contribution is -2.28. The van der Waals surface area contributed by atoms with E-state index < -0.39 is 0 Å². The fourth-order valence-electron chi connectivity index (χ4n) is 2.33. The van der Waals surface area contributed by atoms with Crippen molar-refractivity contribution >= 4 is 45.8 Å². The number of benzene rings is 1. The number of para-hydroxylation sites is 1. The van der Waals surface area contributed by atoms with Crippen molar-refractivity contribution in [2.75, 3.05) is 11.4 Å². The molecule has 136 valence electrons. The monoisotopic (exact) mass is 386 g/mol. The Hall–Kier alpha value is -2.18. The van der Waals surface area contributed by atoms with E-state index in [1.54, 1.807) is 40.3 Å². The van der Waals surface area contributed by atoms with Gasteiger partial charge in [0.05, 0.1) is 4.91 Å². The van der Waals surface area contributed by atoms with E-state index in [2.05, 4.69) is 6.92 Å². The highest BCUT2D eigenvalue weighted by Gasteiger charge is 2.30. The Morgan fingerprint density at radius 2 is 1.96 bits per heavy atom. The molecule has 0 spiro atoms. The largest absolute Gasteiger partial charge is 0.293 e. The Morgan fingerprint density at radius 1 is 1.23 bits per heavy atom. The molecule has 0 aromatic heterocycles. The number of thiocarbonyl (C=S) groups is 1. The quantitative estimate of drug-likeness (QED) is 0.388. The molecule has 26 heavy (non-hydrogen) atoms. The summed E-state index contributed by atoms with van der Waals surface area (Å²) in [5, 5.41) is 0. The average molecular weight is 387 g/mol. The Bertz CT molecular complexity index is 754. The van der Waals surface area contributed by atoms with Crippen molar-refractivity contribution in [1.82, 2.24) is 4.90 Å². The van der Waals surface area contributed by atoms with Gasteiger partial charge in [-0.1, -0.05) is 67.7 Å². The van der Waals surface area contributed by atoms with E-state index in [1.807, 2.05) is 30.3 Å². The summed E-state index contributed by atoms with van der Waals surface area (Å²) in [4.78, 5) is 28.0. The van der Waals surface area contributed by atoms with Gasteiger partial charge in [-0.2, -0.15) is 0 Å². The van der Waals surface area contributed by atoms with Crippen molar-refractivity contribution < 1.29 is 9.59 Å². The highest BCUT2D eigenvalue weighted by Crippen LogP contribution is 2.31. The number of carbonyl (C=O) groups is 2. The van der Waals surface area contributed by atoms with Gasteiger partial charge in [0, 0.05) is 25.4 Å². The lowest BCUT2D eigenvalue weighted by molar-refractivity contribution is -0.122. The normalized spacial score (nSPS) is 16.4. The first-order valence-electron chi connectivity index (χ1n) is 8.48. The van der Waals surface area contributed by atoms with Crippen LogP contribution in [-0.2, 0) is 9.59 Å². The molecule has 0 unspecified atom stereocenters. The molecule has 0 atom stereocenters. The third kappa shape index (κ3) is 5.41. The molecule has 1 heterocycles. The molecule has 1 aliphatic rings. The smallest absolute Gasteiger partial charge is 0.266 e. The Balaban J connectivity index is 2.00. The zero-order chi connectivity index (χ0) is 18.9. The highest BCUT2D eigenvalue weighted by atomic mass is 32.2. The number of carbonyl (C=O) groups excluding carboxylic acids is 2. The van der Waals surface area contributed by atoms with Crippen molar-refractivity contribution in [2.24, 2.45) is 0 Å². The number of rotatable bonds is 7. The van der Waals surface area contributed by atoms with Crippen LogP contribution in [-0.4, -0.2) is 27.6 Å². The lowest BCUT2D eigenvalue weighted by atomic mass is 10.3. The number of amides is 2.